The first-order chi connectivity index (χ1) is 11.9. The van der Waals surface area contributed by atoms with E-state index < -0.39 is 23.8 Å². The molecule has 1 aliphatic heterocycles. The molecule has 1 aromatic rings. The van der Waals surface area contributed by atoms with Gasteiger partial charge in [-0.15, -0.1) is 6.42 Å². The Hall–Kier alpha value is -2.87. The van der Waals surface area contributed by atoms with Crippen molar-refractivity contribution in [1.29, 1.82) is 0 Å². The standard InChI is InChI=1S/C20H21NO4/c1-6-14-9-8-10-15(11-14)18-16(19(22)24-5)12(3)21-13(4)17(18)20(23)25-7-2/h1,8-11,16,18H,7H2,2-5H3. The maximum Gasteiger partial charge on any atom is 0.336 e. The van der Waals surface area contributed by atoms with Crippen LogP contribution in [0.5, 0.6) is 0 Å². The van der Waals surface area contributed by atoms with E-state index in [0.29, 0.717) is 22.5 Å². The van der Waals surface area contributed by atoms with Gasteiger partial charge in [0.15, 0.2) is 0 Å². The molecule has 0 aromatic heterocycles. The fraction of sp³-hybridized carbons (Fsp3) is 0.350. The van der Waals surface area contributed by atoms with E-state index in [1.807, 2.05) is 6.07 Å². The van der Waals surface area contributed by atoms with Gasteiger partial charge in [-0.05, 0) is 38.5 Å². The molecule has 130 valence electrons. The van der Waals surface area contributed by atoms with Crippen LogP contribution in [0.1, 0.15) is 37.8 Å². The van der Waals surface area contributed by atoms with Gasteiger partial charge in [-0.2, -0.15) is 0 Å². The van der Waals surface area contributed by atoms with Gasteiger partial charge >= 0.3 is 11.9 Å². The second kappa shape index (κ2) is 7.80. The second-order valence-electron chi connectivity index (χ2n) is 5.72. The number of allylic oxidation sites excluding steroid dienone is 1. The highest BCUT2D eigenvalue weighted by Gasteiger charge is 2.42. The summed E-state index contributed by atoms with van der Waals surface area (Å²) in [4.78, 5) is 29.4. The molecule has 25 heavy (non-hydrogen) atoms. The summed E-state index contributed by atoms with van der Waals surface area (Å²) >= 11 is 0. The minimum Gasteiger partial charge on any atom is -0.468 e. The largest absolute Gasteiger partial charge is 0.468 e. The highest BCUT2D eigenvalue weighted by Crippen LogP contribution is 2.40. The minimum atomic E-state index is -0.707. The Labute approximate surface area is 147 Å². The number of rotatable bonds is 4. The predicted molar refractivity (Wildman–Crippen MR) is 95.1 cm³/mol. The van der Waals surface area contributed by atoms with Gasteiger partial charge in [0.25, 0.3) is 0 Å². The Kier molecular flexibility index (Phi) is 5.76. The lowest BCUT2D eigenvalue weighted by molar-refractivity contribution is -0.144. The predicted octanol–water partition coefficient (Wildman–Crippen LogP) is 2.85. The van der Waals surface area contributed by atoms with Crippen LogP contribution in [0, 0.1) is 18.3 Å². The molecular weight excluding hydrogens is 318 g/mol. The number of carbonyl (C=O) groups excluding carboxylic acids is 2. The van der Waals surface area contributed by atoms with E-state index in [4.69, 9.17) is 15.9 Å². The summed E-state index contributed by atoms with van der Waals surface area (Å²) in [5.74, 6) is 0.375. The Bertz CT molecular complexity index is 798. The summed E-state index contributed by atoms with van der Waals surface area (Å²) in [6.45, 7) is 5.46. The van der Waals surface area contributed by atoms with Gasteiger partial charge in [-0.1, -0.05) is 18.1 Å². The number of nitrogens with zero attached hydrogens (tertiary/aromatic N) is 1. The maximum atomic E-state index is 12.6. The number of esters is 2. The first-order valence-electron chi connectivity index (χ1n) is 8.02. The summed E-state index contributed by atoms with van der Waals surface area (Å²) in [6, 6.07) is 7.23. The third kappa shape index (κ3) is 3.63. The lowest BCUT2D eigenvalue weighted by Gasteiger charge is -2.31. The molecule has 1 aliphatic rings. The van der Waals surface area contributed by atoms with Crippen molar-refractivity contribution >= 4 is 17.7 Å². The average molecular weight is 339 g/mol. The van der Waals surface area contributed by atoms with E-state index in [1.54, 1.807) is 39.0 Å². The molecule has 2 atom stereocenters. The third-order valence-electron chi connectivity index (χ3n) is 4.19. The van der Waals surface area contributed by atoms with Crippen LogP contribution >= 0.6 is 0 Å². The summed E-state index contributed by atoms with van der Waals surface area (Å²) < 4.78 is 10.2. The Balaban J connectivity index is 2.68. The van der Waals surface area contributed by atoms with Gasteiger partial charge in [0.1, 0.15) is 5.92 Å². The lowest BCUT2D eigenvalue weighted by atomic mass is 9.75. The van der Waals surface area contributed by atoms with Crippen LogP contribution in [0.4, 0.5) is 0 Å². The summed E-state index contributed by atoms with van der Waals surface area (Å²) in [5.41, 5.74) is 2.90. The molecule has 5 nitrogen and oxygen atoms in total. The molecule has 0 N–H and O–H groups in total. The van der Waals surface area contributed by atoms with Crippen molar-refractivity contribution in [3.63, 3.8) is 0 Å². The number of aliphatic imine (C=N–C) groups is 1. The lowest BCUT2D eigenvalue weighted by Crippen LogP contribution is -2.36. The minimum absolute atomic E-state index is 0.234. The Morgan fingerprint density at radius 3 is 2.64 bits per heavy atom. The van der Waals surface area contributed by atoms with E-state index in [1.165, 1.54) is 7.11 Å². The maximum absolute atomic E-state index is 12.6. The molecule has 0 fully saturated rings. The summed E-state index contributed by atoms with van der Waals surface area (Å²) in [5, 5.41) is 0. The van der Waals surface area contributed by atoms with Gasteiger partial charge < -0.3 is 9.47 Å². The molecule has 0 saturated carbocycles. The molecule has 1 aromatic carbocycles. The molecule has 2 unspecified atom stereocenters. The smallest absolute Gasteiger partial charge is 0.336 e. The van der Waals surface area contributed by atoms with Gasteiger partial charge in [0.05, 0.1) is 19.3 Å². The van der Waals surface area contributed by atoms with E-state index in [2.05, 4.69) is 10.9 Å². The fourth-order valence-electron chi connectivity index (χ4n) is 3.13. The molecule has 0 amide bonds. The van der Waals surface area contributed by atoms with Crippen LogP contribution in [0.25, 0.3) is 0 Å². The highest BCUT2D eigenvalue weighted by atomic mass is 16.5. The zero-order valence-corrected chi connectivity index (χ0v) is 14.8. The van der Waals surface area contributed by atoms with Crippen LogP contribution in [0.15, 0.2) is 40.5 Å². The van der Waals surface area contributed by atoms with Crippen molar-refractivity contribution in [3.8, 4) is 12.3 Å². The number of carbonyl (C=O) groups is 2. The zero-order valence-electron chi connectivity index (χ0n) is 14.8. The molecule has 5 heteroatoms. The SMILES string of the molecule is C#Cc1cccc(C2C(C(=O)OCC)=C(C)N=C(C)C2C(=O)OC)c1. The Morgan fingerprint density at radius 1 is 1.32 bits per heavy atom. The topological polar surface area (TPSA) is 65.0 Å². The van der Waals surface area contributed by atoms with E-state index in [9.17, 15) is 9.59 Å². The van der Waals surface area contributed by atoms with Gasteiger partial charge in [0, 0.05) is 22.9 Å². The van der Waals surface area contributed by atoms with Crippen LogP contribution < -0.4 is 0 Å². The number of terminal acetylenes is 1. The molecule has 0 aliphatic carbocycles. The van der Waals surface area contributed by atoms with E-state index in [0.717, 1.165) is 5.56 Å². The quantitative estimate of drug-likeness (QED) is 0.625. The Morgan fingerprint density at radius 2 is 2.04 bits per heavy atom. The number of ether oxygens (including phenoxy) is 2. The molecular formula is C20H21NO4. The van der Waals surface area contributed by atoms with Crippen molar-refractivity contribution < 1.29 is 19.1 Å². The number of benzene rings is 1. The van der Waals surface area contributed by atoms with Crippen molar-refractivity contribution in [2.75, 3.05) is 13.7 Å². The van der Waals surface area contributed by atoms with Crippen LogP contribution in [0.2, 0.25) is 0 Å². The molecule has 0 bridgehead atoms. The number of hydrogen-bond donors (Lipinski definition) is 0. The molecule has 2 rings (SSSR count). The normalized spacial score (nSPS) is 19.7. The van der Waals surface area contributed by atoms with Crippen molar-refractivity contribution in [3.05, 3.63) is 46.7 Å². The third-order valence-corrected chi connectivity index (χ3v) is 4.19. The van der Waals surface area contributed by atoms with Crippen molar-refractivity contribution in [1.82, 2.24) is 0 Å². The monoisotopic (exact) mass is 339 g/mol. The van der Waals surface area contributed by atoms with Crippen LogP contribution in [-0.4, -0.2) is 31.4 Å². The average Bonchev–Trinajstić information content (AvgIpc) is 2.60. The second-order valence-corrected chi connectivity index (χ2v) is 5.72. The van der Waals surface area contributed by atoms with Crippen LogP contribution in [-0.2, 0) is 19.1 Å². The van der Waals surface area contributed by atoms with Crippen molar-refractivity contribution in [2.45, 2.75) is 26.7 Å². The van der Waals surface area contributed by atoms with Gasteiger partial charge in [-0.25, -0.2) is 4.79 Å². The number of hydrogen-bond acceptors (Lipinski definition) is 5. The summed E-state index contributed by atoms with van der Waals surface area (Å²) in [7, 11) is 1.32. The van der Waals surface area contributed by atoms with Gasteiger partial charge in [0.2, 0.25) is 0 Å². The van der Waals surface area contributed by atoms with Crippen LogP contribution in [0.3, 0.4) is 0 Å². The van der Waals surface area contributed by atoms with E-state index in [-0.39, 0.29) is 6.61 Å². The van der Waals surface area contributed by atoms with Gasteiger partial charge in [-0.3, -0.25) is 9.79 Å². The highest BCUT2D eigenvalue weighted by molar-refractivity contribution is 6.06. The van der Waals surface area contributed by atoms with Crippen molar-refractivity contribution in [2.24, 2.45) is 10.9 Å². The first kappa shape index (κ1) is 18.5. The molecule has 0 radical (unpaired) electrons. The molecule has 1 heterocycles. The fourth-order valence-corrected chi connectivity index (χ4v) is 3.13. The zero-order chi connectivity index (χ0) is 18.6. The molecule has 0 saturated heterocycles. The number of methoxy groups -OCH3 is 1. The summed E-state index contributed by atoms with van der Waals surface area (Å²) in [6.07, 6.45) is 5.50. The molecule has 0 spiro atoms. The van der Waals surface area contributed by atoms with E-state index >= 15 is 0 Å². The first-order valence-corrected chi connectivity index (χ1v) is 8.02.